The van der Waals surface area contributed by atoms with Crippen molar-refractivity contribution in [2.45, 2.75) is 26.0 Å². The van der Waals surface area contributed by atoms with Crippen molar-refractivity contribution >= 4 is 11.8 Å². The summed E-state index contributed by atoms with van der Waals surface area (Å²) in [6, 6.07) is 17.0. The summed E-state index contributed by atoms with van der Waals surface area (Å²) < 4.78 is 5.60. The van der Waals surface area contributed by atoms with Crippen LogP contribution in [0.3, 0.4) is 0 Å². The van der Waals surface area contributed by atoms with E-state index in [2.05, 4.69) is 29.0 Å². The molecule has 3 aromatic rings. The van der Waals surface area contributed by atoms with Crippen molar-refractivity contribution in [3.05, 3.63) is 83.3 Å². The Labute approximate surface area is 191 Å². The van der Waals surface area contributed by atoms with Crippen LogP contribution >= 0.6 is 0 Å². The van der Waals surface area contributed by atoms with E-state index in [0.717, 1.165) is 11.1 Å². The smallest absolute Gasteiger partial charge is 0.265 e. The zero-order chi connectivity index (χ0) is 23.6. The number of nitrogens with one attached hydrogen (secondary N) is 2. The lowest BCUT2D eigenvalue weighted by Crippen LogP contribution is -2.45. The lowest BCUT2D eigenvalue weighted by Gasteiger charge is -2.14. The van der Waals surface area contributed by atoms with Crippen LogP contribution in [0.2, 0.25) is 0 Å². The number of furan rings is 1. The van der Waals surface area contributed by atoms with E-state index in [-0.39, 0.29) is 6.61 Å². The molecule has 3 rings (SSSR count). The number of hydrogen-bond acceptors (Lipinski definition) is 5. The maximum Gasteiger partial charge on any atom is 0.265 e. The molecule has 0 aliphatic heterocycles. The number of hydroxylamine groups is 1. The summed E-state index contributed by atoms with van der Waals surface area (Å²) in [7, 11) is 0. The van der Waals surface area contributed by atoms with E-state index in [1.54, 1.807) is 37.3 Å². The summed E-state index contributed by atoms with van der Waals surface area (Å²) in [6.07, 6.45) is 0.335. The summed E-state index contributed by atoms with van der Waals surface area (Å²) in [5.74, 6) is 11.0. The number of hydrogen-bond donors (Lipinski definition) is 4. The van der Waals surface area contributed by atoms with Crippen LogP contribution in [0.1, 0.15) is 40.8 Å². The van der Waals surface area contributed by atoms with Gasteiger partial charge < -0.3 is 14.8 Å². The molecule has 0 saturated carbocycles. The predicted octanol–water partition coefficient (Wildman–Crippen LogP) is 2.86. The molecular formula is C26H22N2O5. The van der Waals surface area contributed by atoms with Crippen molar-refractivity contribution in [3.63, 3.8) is 0 Å². The van der Waals surface area contributed by atoms with Crippen LogP contribution in [0.4, 0.5) is 0 Å². The van der Waals surface area contributed by atoms with Gasteiger partial charge >= 0.3 is 0 Å². The molecule has 4 N–H and O–H groups in total. The van der Waals surface area contributed by atoms with Crippen LogP contribution in [-0.4, -0.2) is 28.2 Å². The van der Waals surface area contributed by atoms with E-state index in [1.807, 2.05) is 30.3 Å². The summed E-state index contributed by atoms with van der Waals surface area (Å²) in [4.78, 5) is 23.8. The van der Waals surface area contributed by atoms with Gasteiger partial charge in [0, 0.05) is 16.7 Å². The van der Waals surface area contributed by atoms with E-state index < -0.39 is 17.9 Å². The molecular weight excluding hydrogens is 420 g/mol. The van der Waals surface area contributed by atoms with E-state index in [0.29, 0.717) is 29.1 Å². The van der Waals surface area contributed by atoms with Gasteiger partial charge in [-0.15, -0.1) is 0 Å². The normalized spacial score (nSPS) is 10.8. The lowest BCUT2D eigenvalue weighted by molar-refractivity contribution is -0.131. The zero-order valence-electron chi connectivity index (χ0n) is 17.9. The van der Waals surface area contributed by atoms with Gasteiger partial charge in [-0.1, -0.05) is 43.2 Å². The van der Waals surface area contributed by atoms with E-state index in [1.165, 1.54) is 5.48 Å². The third-order valence-electron chi connectivity index (χ3n) is 4.76. The number of rotatable bonds is 6. The van der Waals surface area contributed by atoms with Gasteiger partial charge in [-0.2, -0.15) is 0 Å². The summed E-state index contributed by atoms with van der Waals surface area (Å²) in [5.41, 5.74) is 4.25. The molecule has 1 atom stereocenters. The van der Waals surface area contributed by atoms with Gasteiger partial charge in [0.05, 0.1) is 0 Å². The highest BCUT2D eigenvalue weighted by Crippen LogP contribution is 2.26. The highest BCUT2D eigenvalue weighted by Gasteiger charge is 2.18. The Kier molecular flexibility index (Phi) is 8.04. The zero-order valence-corrected chi connectivity index (χ0v) is 17.9. The minimum atomic E-state index is -0.828. The van der Waals surface area contributed by atoms with Crippen molar-refractivity contribution in [2.24, 2.45) is 0 Å². The molecule has 0 fully saturated rings. The Morgan fingerprint density at radius 2 is 1.73 bits per heavy atom. The molecule has 1 aromatic heterocycles. The average Bonchev–Trinajstić information content (AvgIpc) is 3.28. The van der Waals surface area contributed by atoms with Crippen molar-refractivity contribution in [2.75, 3.05) is 0 Å². The molecule has 166 valence electrons. The molecule has 0 spiro atoms. The van der Waals surface area contributed by atoms with Gasteiger partial charge in [-0.3, -0.25) is 14.8 Å². The Bertz CT molecular complexity index is 1240. The second kappa shape index (κ2) is 11.4. The SMILES string of the molecule is CC[C@H](NC(=O)c1ccc(C#CC#Cc2oc(CO)cc2-c2ccccc2)cc1)C(=O)NO. The van der Waals surface area contributed by atoms with Crippen LogP contribution in [-0.2, 0) is 11.4 Å². The highest BCUT2D eigenvalue weighted by molar-refractivity contribution is 5.97. The molecule has 0 saturated heterocycles. The highest BCUT2D eigenvalue weighted by atomic mass is 16.5. The fraction of sp³-hybridized carbons (Fsp3) is 0.154. The van der Waals surface area contributed by atoms with E-state index >= 15 is 0 Å². The second-order valence-electron chi connectivity index (χ2n) is 6.97. The van der Waals surface area contributed by atoms with Crippen molar-refractivity contribution < 1.29 is 24.3 Å². The molecule has 1 heterocycles. The predicted molar refractivity (Wildman–Crippen MR) is 122 cm³/mol. The topological polar surface area (TPSA) is 112 Å². The Morgan fingerprint density at radius 1 is 1.03 bits per heavy atom. The quantitative estimate of drug-likeness (QED) is 0.267. The number of benzene rings is 2. The molecule has 0 bridgehead atoms. The maximum atomic E-state index is 12.3. The first-order valence-electron chi connectivity index (χ1n) is 10.2. The third-order valence-corrected chi connectivity index (χ3v) is 4.76. The van der Waals surface area contributed by atoms with Crippen molar-refractivity contribution in [3.8, 4) is 34.8 Å². The fourth-order valence-corrected chi connectivity index (χ4v) is 3.01. The number of aliphatic hydroxyl groups excluding tert-OH is 1. The maximum absolute atomic E-state index is 12.3. The van der Waals surface area contributed by atoms with Gasteiger partial charge in [-0.25, -0.2) is 5.48 Å². The minimum Gasteiger partial charge on any atom is -0.450 e. The van der Waals surface area contributed by atoms with Crippen LogP contribution in [0.25, 0.3) is 11.1 Å². The summed E-state index contributed by atoms with van der Waals surface area (Å²) in [6.45, 7) is 1.49. The van der Waals surface area contributed by atoms with Crippen LogP contribution in [0.15, 0.2) is 65.1 Å². The Balaban J connectivity index is 1.71. The Morgan fingerprint density at radius 3 is 2.36 bits per heavy atom. The molecule has 7 heteroatoms. The largest absolute Gasteiger partial charge is 0.450 e. The number of aliphatic hydroxyl groups is 1. The van der Waals surface area contributed by atoms with Crippen molar-refractivity contribution in [1.82, 2.24) is 10.8 Å². The molecule has 0 unspecified atom stereocenters. The van der Waals surface area contributed by atoms with Crippen LogP contribution in [0, 0.1) is 23.7 Å². The van der Waals surface area contributed by atoms with Gasteiger partial charge in [0.15, 0.2) is 5.76 Å². The first-order chi connectivity index (χ1) is 16.0. The molecule has 2 aromatic carbocycles. The monoisotopic (exact) mass is 442 g/mol. The second-order valence-corrected chi connectivity index (χ2v) is 6.97. The average molecular weight is 442 g/mol. The molecule has 0 aliphatic rings. The summed E-state index contributed by atoms with van der Waals surface area (Å²) in [5, 5.41) is 20.7. The molecule has 0 aliphatic carbocycles. The molecule has 7 nitrogen and oxygen atoms in total. The molecule has 33 heavy (non-hydrogen) atoms. The lowest BCUT2D eigenvalue weighted by atomic mass is 10.1. The first-order valence-corrected chi connectivity index (χ1v) is 10.2. The third kappa shape index (κ3) is 6.11. The van der Waals surface area contributed by atoms with E-state index in [4.69, 9.17) is 9.62 Å². The van der Waals surface area contributed by atoms with Crippen LogP contribution in [0.5, 0.6) is 0 Å². The minimum absolute atomic E-state index is 0.225. The number of carbonyl (C=O) groups excluding carboxylic acids is 2. The first kappa shape index (κ1) is 23.4. The van der Waals surface area contributed by atoms with E-state index in [9.17, 15) is 14.7 Å². The number of amides is 2. The molecule has 2 amide bonds. The van der Waals surface area contributed by atoms with Gasteiger partial charge in [0.25, 0.3) is 11.8 Å². The van der Waals surface area contributed by atoms with Crippen LogP contribution < -0.4 is 10.8 Å². The van der Waals surface area contributed by atoms with Gasteiger partial charge in [0.2, 0.25) is 0 Å². The standard InChI is InChI=1S/C26H22N2O5/c1-2-23(26(31)28-32)27-25(30)20-14-12-18(13-15-20)8-6-7-11-24-22(16-21(17-29)33-24)19-9-4-3-5-10-19/h3-5,9-10,12-16,23,29,32H,2,17H2,1H3,(H,27,30)(H,28,31)/t23-/m0/s1. The number of carbonyl (C=O) groups is 2. The molecule has 0 radical (unpaired) electrons. The van der Waals surface area contributed by atoms with Gasteiger partial charge in [-0.05, 0) is 60.1 Å². The van der Waals surface area contributed by atoms with Crippen molar-refractivity contribution in [1.29, 1.82) is 0 Å². The Hall–Kier alpha value is -4.30. The van der Waals surface area contributed by atoms with Gasteiger partial charge in [0.1, 0.15) is 18.4 Å². The summed E-state index contributed by atoms with van der Waals surface area (Å²) >= 11 is 0. The fourth-order valence-electron chi connectivity index (χ4n) is 3.01.